The van der Waals surface area contributed by atoms with Gasteiger partial charge in [-0.05, 0) is 29.8 Å². The number of hydrogen-bond acceptors (Lipinski definition) is 7. The molecule has 1 aliphatic rings. The van der Waals surface area contributed by atoms with Crippen LogP contribution in [0.1, 0.15) is 23.5 Å². The summed E-state index contributed by atoms with van der Waals surface area (Å²) in [5.74, 6) is 0.382. The van der Waals surface area contributed by atoms with Crippen LogP contribution in [0.2, 0.25) is 0 Å². The van der Waals surface area contributed by atoms with Gasteiger partial charge in [0.1, 0.15) is 16.8 Å². The van der Waals surface area contributed by atoms with Crippen LogP contribution in [0, 0.1) is 0 Å². The van der Waals surface area contributed by atoms with Gasteiger partial charge in [0.05, 0.1) is 25.3 Å². The molecule has 0 saturated carbocycles. The van der Waals surface area contributed by atoms with Gasteiger partial charge in [-0.2, -0.15) is 8.75 Å². The van der Waals surface area contributed by atoms with Crippen LogP contribution in [0.5, 0.6) is 17.2 Å². The molecule has 4 rings (SSSR count). The zero-order valence-electron chi connectivity index (χ0n) is 12.1. The Morgan fingerprint density at radius 3 is 2.96 bits per heavy atom. The normalized spacial score (nSPS) is 16.9. The summed E-state index contributed by atoms with van der Waals surface area (Å²) in [5, 5.41) is 10.0. The van der Waals surface area contributed by atoms with Crippen molar-refractivity contribution in [3.8, 4) is 17.2 Å². The first-order valence-electron chi connectivity index (χ1n) is 7.00. The molecule has 0 bridgehead atoms. The Bertz CT molecular complexity index is 922. The van der Waals surface area contributed by atoms with Crippen molar-refractivity contribution in [2.45, 2.75) is 12.3 Å². The molecule has 1 atom stereocenters. The summed E-state index contributed by atoms with van der Waals surface area (Å²) in [5.41, 5.74) is 3.15. The molecule has 1 unspecified atom stereocenters. The molecule has 0 amide bonds. The number of esters is 1. The molecule has 0 saturated heterocycles. The molecule has 2 aromatic carbocycles. The van der Waals surface area contributed by atoms with Crippen LogP contribution in [-0.4, -0.2) is 26.9 Å². The summed E-state index contributed by atoms with van der Waals surface area (Å²) in [7, 11) is 1.49. The second kappa shape index (κ2) is 5.20. The van der Waals surface area contributed by atoms with E-state index in [1.807, 2.05) is 6.07 Å². The topological polar surface area (TPSA) is 81.5 Å². The van der Waals surface area contributed by atoms with E-state index < -0.39 is 0 Å². The number of methoxy groups -OCH3 is 1. The minimum Gasteiger partial charge on any atom is -0.504 e. The predicted molar refractivity (Wildman–Crippen MR) is 84.2 cm³/mol. The third-order valence-electron chi connectivity index (χ3n) is 3.98. The van der Waals surface area contributed by atoms with Crippen molar-refractivity contribution < 1.29 is 19.4 Å². The Hall–Kier alpha value is -2.67. The first-order valence-corrected chi connectivity index (χ1v) is 7.73. The lowest BCUT2D eigenvalue weighted by Gasteiger charge is -2.25. The number of hydrogen-bond donors (Lipinski definition) is 1. The van der Waals surface area contributed by atoms with Crippen molar-refractivity contribution in [3.63, 3.8) is 0 Å². The van der Waals surface area contributed by atoms with Crippen molar-refractivity contribution in [2.75, 3.05) is 7.11 Å². The molecule has 1 N–H and O–H groups in total. The molecule has 0 aliphatic carbocycles. The minimum atomic E-state index is -0.305. The largest absolute Gasteiger partial charge is 0.504 e. The minimum absolute atomic E-state index is 0.0362. The van der Waals surface area contributed by atoms with Gasteiger partial charge in [0.15, 0.2) is 11.5 Å². The maximum atomic E-state index is 11.9. The molecule has 3 aromatic rings. The van der Waals surface area contributed by atoms with Crippen LogP contribution >= 0.6 is 11.7 Å². The monoisotopic (exact) mass is 328 g/mol. The fraction of sp³-hybridized carbons (Fsp3) is 0.188. The van der Waals surface area contributed by atoms with Crippen LogP contribution < -0.4 is 9.47 Å². The SMILES string of the molecule is COc1ccc(C2CC(=O)Oc3ccc4nsnc4c32)cc1O. The molecule has 2 heterocycles. The number of carbonyl (C=O) groups is 1. The number of ether oxygens (including phenoxy) is 2. The van der Waals surface area contributed by atoms with Gasteiger partial charge in [-0.25, -0.2) is 0 Å². The van der Waals surface area contributed by atoms with Gasteiger partial charge in [-0.15, -0.1) is 0 Å². The fourth-order valence-electron chi connectivity index (χ4n) is 2.92. The van der Waals surface area contributed by atoms with Gasteiger partial charge in [0.2, 0.25) is 0 Å². The Labute approximate surface area is 135 Å². The molecule has 1 aliphatic heterocycles. The second-order valence-corrected chi connectivity index (χ2v) is 5.80. The summed E-state index contributed by atoms with van der Waals surface area (Å²) in [6.45, 7) is 0. The van der Waals surface area contributed by atoms with Crippen LogP contribution in [0.25, 0.3) is 11.0 Å². The Balaban J connectivity index is 1.91. The van der Waals surface area contributed by atoms with E-state index in [0.29, 0.717) is 11.5 Å². The van der Waals surface area contributed by atoms with Crippen molar-refractivity contribution >= 4 is 28.7 Å². The van der Waals surface area contributed by atoms with Crippen LogP contribution in [0.3, 0.4) is 0 Å². The van der Waals surface area contributed by atoms with Gasteiger partial charge < -0.3 is 14.6 Å². The summed E-state index contributed by atoms with van der Waals surface area (Å²) < 4.78 is 19.0. The highest BCUT2D eigenvalue weighted by Gasteiger charge is 2.31. The van der Waals surface area contributed by atoms with Gasteiger partial charge in [-0.1, -0.05) is 6.07 Å². The van der Waals surface area contributed by atoms with E-state index in [2.05, 4.69) is 8.75 Å². The lowest BCUT2D eigenvalue weighted by molar-refractivity contribution is -0.135. The van der Waals surface area contributed by atoms with Gasteiger partial charge in [0.25, 0.3) is 0 Å². The number of phenolic OH excluding ortho intramolecular Hbond substituents is 1. The van der Waals surface area contributed by atoms with Crippen LogP contribution in [0.15, 0.2) is 30.3 Å². The van der Waals surface area contributed by atoms with Crippen LogP contribution in [-0.2, 0) is 4.79 Å². The number of benzene rings is 2. The third-order valence-corrected chi connectivity index (χ3v) is 4.52. The molecule has 0 spiro atoms. The standard InChI is InChI=1S/C16H12N2O4S/c1-21-12-4-2-8(6-11(12)19)9-7-14(20)22-13-5-3-10-16(15(9)13)18-23-17-10/h2-6,9,19H,7H2,1H3. The summed E-state index contributed by atoms with van der Waals surface area (Å²) in [4.78, 5) is 11.9. The summed E-state index contributed by atoms with van der Waals surface area (Å²) in [6.07, 6.45) is 0.190. The van der Waals surface area contributed by atoms with Crippen molar-refractivity contribution in [3.05, 3.63) is 41.5 Å². The molecule has 23 heavy (non-hydrogen) atoms. The molecular formula is C16H12N2O4S. The quantitative estimate of drug-likeness (QED) is 0.575. The Morgan fingerprint density at radius 1 is 1.30 bits per heavy atom. The molecule has 0 fully saturated rings. The highest BCUT2D eigenvalue weighted by molar-refractivity contribution is 7.00. The average Bonchev–Trinajstić information content (AvgIpc) is 3.02. The van der Waals surface area contributed by atoms with E-state index in [1.54, 1.807) is 24.3 Å². The van der Waals surface area contributed by atoms with Gasteiger partial charge in [0, 0.05) is 11.5 Å². The molecule has 116 valence electrons. The fourth-order valence-corrected chi connectivity index (χ4v) is 3.47. The van der Waals surface area contributed by atoms with Gasteiger partial charge >= 0.3 is 5.97 Å². The lowest BCUT2D eigenvalue weighted by atomic mass is 9.85. The van der Waals surface area contributed by atoms with E-state index in [1.165, 1.54) is 7.11 Å². The number of aromatic hydroxyl groups is 1. The second-order valence-electron chi connectivity index (χ2n) is 5.27. The van der Waals surface area contributed by atoms with E-state index in [9.17, 15) is 9.90 Å². The zero-order chi connectivity index (χ0) is 16.0. The van der Waals surface area contributed by atoms with E-state index in [4.69, 9.17) is 9.47 Å². The predicted octanol–water partition coefficient (Wildman–Crippen LogP) is 2.85. The Morgan fingerprint density at radius 2 is 2.17 bits per heavy atom. The van der Waals surface area contributed by atoms with E-state index in [0.717, 1.165) is 33.9 Å². The summed E-state index contributed by atoms with van der Waals surface area (Å²) >= 11 is 1.12. The summed E-state index contributed by atoms with van der Waals surface area (Å²) in [6, 6.07) is 8.67. The molecule has 1 aromatic heterocycles. The highest BCUT2D eigenvalue weighted by atomic mass is 32.1. The van der Waals surface area contributed by atoms with E-state index >= 15 is 0 Å². The number of rotatable bonds is 2. The number of fused-ring (bicyclic) bond motifs is 3. The Kier molecular flexibility index (Phi) is 3.16. The number of carbonyl (C=O) groups excluding carboxylic acids is 1. The molecule has 6 nitrogen and oxygen atoms in total. The maximum absolute atomic E-state index is 11.9. The van der Waals surface area contributed by atoms with Gasteiger partial charge in [-0.3, -0.25) is 4.79 Å². The lowest BCUT2D eigenvalue weighted by Crippen LogP contribution is -2.21. The highest BCUT2D eigenvalue weighted by Crippen LogP contribution is 2.43. The number of phenols is 1. The number of aromatic nitrogens is 2. The average molecular weight is 328 g/mol. The third kappa shape index (κ3) is 2.20. The first kappa shape index (κ1) is 14.0. The first-order chi connectivity index (χ1) is 11.2. The maximum Gasteiger partial charge on any atom is 0.312 e. The molecule has 0 radical (unpaired) electrons. The van der Waals surface area contributed by atoms with E-state index in [-0.39, 0.29) is 24.1 Å². The van der Waals surface area contributed by atoms with Crippen molar-refractivity contribution in [2.24, 2.45) is 0 Å². The number of nitrogens with zero attached hydrogens (tertiary/aromatic N) is 2. The zero-order valence-corrected chi connectivity index (χ0v) is 13.0. The molecule has 7 heteroatoms. The smallest absolute Gasteiger partial charge is 0.312 e. The van der Waals surface area contributed by atoms with Crippen molar-refractivity contribution in [1.29, 1.82) is 0 Å². The van der Waals surface area contributed by atoms with Crippen molar-refractivity contribution in [1.82, 2.24) is 8.75 Å². The van der Waals surface area contributed by atoms with Crippen LogP contribution in [0.4, 0.5) is 0 Å². The molecular weight excluding hydrogens is 316 g/mol.